The molecular weight excluding hydrogens is 333 g/mol. The van der Waals surface area contributed by atoms with Gasteiger partial charge in [0.2, 0.25) is 10.0 Å². The molecule has 0 atom stereocenters. The van der Waals surface area contributed by atoms with E-state index in [4.69, 9.17) is 23.2 Å². The zero-order valence-electron chi connectivity index (χ0n) is 13.0. The van der Waals surface area contributed by atoms with Crippen LogP contribution in [0.2, 0.25) is 10.0 Å². The summed E-state index contributed by atoms with van der Waals surface area (Å²) in [6.45, 7) is 9.56. The molecular formula is C14H21Cl2NO3S. The number of hydrogen-bond donors (Lipinski definition) is 2. The lowest BCUT2D eigenvalue weighted by atomic mass is 9.87. The highest BCUT2D eigenvalue weighted by molar-refractivity contribution is 7.89. The third-order valence-electron chi connectivity index (χ3n) is 3.78. The Hall–Kier alpha value is -0.330. The minimum absolute atomic E-state index is 0.0495. The van der Waals surface area contributed by atoms with Crippen LogP contribution in [-0.4, -0.2) is 24.7 Å². The lowest BCUT2D eigenvalue weighted by Gasteiger charge is -2.37. The summed E-state index contributed by atoms with van der Waals surface area (Å²) < 4.78 is 27.9. The topological polar surface area (TPSA) is 66.4 Å². The van der Waals surface area contributed by atoms with Gasteiger partial charge in [0.25, 0.3) is 0 Å². The van der Waals surface area contributed by atoms with Crippen molar-refractivity contribution in [2.45, 2.75) is 57.6 Å². The van der Waals surface area contributed by atoms with E-state index in [0.717, 1.165) is 0 Å². The molecule has 1 rings (SSSR count). The largest absolute Gasteiger partial charge is 0.389 e. The van der Waals surface area contributed by atoms with E-state index in [2.05, 4.69) is 4.72 Å². The predicted octanol–water partition coefficient (Wildman–Crippen LogP) is 3.44. The fraction of sp³-hybridized carbons (Fsp3) is 0.571. The van der Waals surface area contributed by atoms with Gasteiger partial charge < -0.3 is 5.11 Å². The van der Waals surface area contributed by atoms with Gasteiger partial charge in [-0.1, -0.05) is 23.2 Å². The quantitative estimate of drug-likeness (QED) is 0.871. The Balaban J connectivity index is 3.48. The van der Waals surface area contributed by atoms with Crippen molar-refractivity contribution >= 4 is 33.2 Å². The second-order valence-electron chi connectivity index (χ2n) is 6.23. The van der Waals surface area contributed by atoms with Crippen molar-refractivity contribution in [1.29, 1.82) is 0 Å². The van der Waals surface area contributed by atoms with Crippen LogP contribution < -0.4 is 4.72 Å². The number of aliphatic hydroxyl groups is 1. The third kappa shape index (κ3) is 3.71. The molecule has 7 heteroatoms. The number of aryl methyl sites for hydroxylation is 1. The molecule has 0 heterocycles. The van der Waals surface area contributed by atoms with Gasteiger partial charge in [-0.05, 0) is 58.7 Å². The summed E-state index contributed by atoms with van der Waals surface area (Å²) in [5.41, 5.74) is -1.38. The van der Waals surface area contributed by atoms with Gasteiger partial charge in [0.15, 0.2) is 0 Å². The van der Waals surface area contributed by atoms with Gasteiger partial charge in [-0.3, -0.25) is 0 Å². The van der Waals surface area contributed by atoms with Gasteiger partial charge in [-0.2, -0.15) is 0 Å². The number of halogens is 2. The fourth-order valence-corrected chi connectivity index (χ4v) is 4.39. The van der Waals surface area contributed by atoms with Gasteiger partial charge in [0.1, 0.15) is 4.90 Å². The van der Waals surface area contributed by atoms with Gasteiger partial charge in [-0.15, -0.1) is 0 Å². The van der Waals surface area contributed by atoms with Gasteiger partial charge in [0, 0.05) is 5.02 Å². The van der Waals surface area contributed by atoms with E-state index in [9.17, 15) is 13.5 Å². The smallest absolute Gasteiger partial charge is 0.242 e. The van der Waals surface area contributed by atoms with E-state index < -0.39 is 21.2 Å². The maximum atomic E-state index is 12.7. The normalized spacial score (nSPS) is 13.6. The number of rotatable bonds is 4. The van der Waals surface area contributed by atoms with Crippen molar-refractivity contribution in [3.05, 3.63) is 27.2 Å². The second kappa shape index (κ2) is 5.70. The Morgan fingerprint density at radius 2 is 1.62 bits per heavy atom. The number of sulfonamides is 1. The van der Waals surface area contributed by atoms with Crippen molar-refractivity contribution in [2.24, 2.45) is 0 Å². The maximum Gasteiger partial charge on any atom is 0.242 e. The summed E-state index contributed by atoms with van der Waals surface area (Å²) in [7, 11) is -3.93. The van der Waals surface area contributed by atoms with Gasteiger partial charge >= 0.3 is 0 Å². The molecule has 0 radical (unpaired) electrons. The standard InChI is InChI=1S/C14H21Cl2NO3S/c1-8-7-10(15)9(2)12(11(8)16)21(19,20)17-13(3,4)14(5,6)18/h7,17-18H,1-6H3. The molecule has 2 N–H and O–H groups in total. The molecule has 0 fully saturated rings. The molecule has 1 aromatic rings. The molecule has 1 aromatic carbocycles. The molecule has 0 saturated carbocycles. The molecule has 21 heavy (non-hydrogen) atoms. The Morgan fingerprint density at radius 3 is 2.05 bits per heavy atom. The van der Waals surface area contributed by atoms with Gasteiger partial charge in [0.05, 0.1) is 16.2 Å². The molecule has 0 aliphatic rings. The van der Waals surface area contributed by atoms with Crippen LogP contribution in [0.1, 0.15) is 38.8 Å². The van der Waals surface area contributed by atoms with E-state index in [0.29, 0.717) is 16.1 Å². The van der Waals surface area contributed by atoms with Crippen molar-refractivity contribution in [2.75, 3.05) is 0 Å². The highest BCUT2D eigenvalue weighted by Crippen LogP contribution is 2.34. The summed E-state index contributed by atoms with van der Waals surface area (Å²) in [6.07, 6.45) is 0. The van der Waals surface area contributed by atoms with Crippen molar-refractivity contribution < 1.29 is 13.5 Å². The van der Waals surface area contributed by atoms with Crippen LogP contribution in [0.15, 0.2) is 11.0 Å². The molecule has 120 valence electrons. The maximum absolute atomic E-state index is 12.7. The summed E-state index contributed by atoms with van der Waals surface area (Å²) in [6, 6.07) is 1.62. The van der Waals surface area contributed by atoms with Crippen LogP contribution in [0.5, 0.6) is 0 Å². The SMILES string of the molecule is Cc1cc(Cl)c(C)c(S(=O)(=O)NC(C)(C)C(C)(C)O)c1Cl. The number of hydrogen-bond acceptors (Lipinski definition) is 3. The third-order valence-corrected chi connectivity index (χ3v) is 6.59. The highest BCUT2D eigenvalue weighted by atomic mass is 35.5. The van der Waals surface area contributed by atoms with Crippen LogP contribution >= 0.6 is 23.2 Å². The van der Waals surface area contributed by atoms with E-state index in [1.165, 1.54) is 13.8 Å². The Bertz CT molecular complexity index is 636. The van der Waals surface area contributed by atoms with Crippen LogP contribution in [0.25, 0.3) is 0 Å². The average Bonchev–Trinajstić information content (AvgIpc) is 2.23. The van der Waals surface area contributed by atoms with Gasteiger partial charge in [-0.25, -0.2) is 13.1 Å². The first kappa shape index (κ1) is 18.7. The average molecular weight is 354 g/mol. The molecule has 0 aliphatic carbocycles. The van der Waals surface area contributed by atoms with Crippen molar-refractivity contribution in [3.8, 4) is 0 Å². The minimum atomic E-state index is -3.93. The molecule has 0 aliphatic heterocycles. The van der Waals surface area contributed by atoms with E-state index in [1.807, 2.05) is 0 Å². The predicted molar refractivity (Wildman–Crippen MR) is 86.6 cm³/mol. The molecule has 0 bridgehead atoms. The minimum Gasteiger partial charge on any atom is -0.389 e. The van der Waals surface area contributed by atoms with Crippen LogP contribution in [0.3, 0.4) is 0 Å². The first-order chi connectivity index (χ1) is 9.21. The molecule has 4 nitrogen and oxygen atoms in total. The van der Waals surface area contributed by atoms with Crippen molar-refractivity contribution in [3.63, 3.8) is 0 Å². The van der Waals surface area contributed by atoms with E-state index in [1.54, 1.807) is 33.8 Å². The lowest BCUT2D eigenvalue weighted by Crippen LogP contribution is -2.57. The lowest BCUT2D eigenvalue weighted by molar-refractivity contribution is 0.00638. The summed E-state index contributed by atoms with van der Waals surface area (Å²) in [5.74, 6) is 0. The molecule has 0 saturated heterocycles. The van der Waals surface area contributed by atoms with Crippen LogP contribution in [-0.2, 0) is 10.0 Å². The Labute approximate surface area is 136 Å². The van der Waals surface area contributed by atoms with E-state index in [-0.39, 0.29) is 9.92 Å². The highest BCUT2D eigenvalue weighted by Gasteiger charge is 2.40. The Morgan fingerprint density at radius 1 is 1.14 bits per heavy atom. The number of nitrogens with one attached hydrogen (secondary N) is 1. The fourth-order valence-electron chi connectivity index (χ4n) is 1.65. The molecule has 0 spiro atoms. The zero-order valence-corrected chi connectivity index (χ0v) is 15.3. The first-order valence-corrected chi connectivity index (χ1v) is 8.66. The van der Waals surface area contributed by atoms with Crippen LogP contribution in [0, 0.1) is 13.8 Å². The van der Waals surface area contributed by atoms with Crippen molar-refractivity contribution in [1.82, 2.24) is 4.72 Å². The molecule has 0 aromatic heterocycles. The first-order valence-electron chi connectivity index (χ1n) is 6.42. The Kier molecular flexibility index (Phi) is 5.08. The summed E-state index contributed by atoms with van der Waals surface area (Å²) >= 11 is 12.2. The second-order valence-corrected chi connectivity index (χ2v) is 8.64. The zero-order chi connectivity index (χ0) is 16.8. The van der Waals surface area contributed by atoms with Crippen LogP contribution in [0.4, 0.5) is 0 Å². The summed E-state index contributed by atoms with van der Waals surface area (Å²) in [5, 5.41) is 10.6. The van der Waals surface area contributed by atoms with E-state index >= 15 is 0 Å². The molecule has 0 amide bonds. The monoisotopic (exact) mass is 353 g/mol. The summed E-state index contributed by atoms with van der Waals surface area (Å²) in [4.78, 5) is -0.0495. The molecule has 0 unspecified atom stereocenters. The number of benzene rings is 1.